The lowest BCUT2D eigenvalue weighted by Gasteiger charge is -2.19. The van der Waals surface area contributed by atoms with Crippen LogP contribution in [0.15, 0.2) is 53.4 Å². The maximum absolute atomic E-state index is 10.9. The number of benzene rings is 2. The Morgan fingerprint density at radius 3 is 2.64 bits per heavy atom. The summed E-state index contributed by atoms with van der Waals surface area (Å²) in [5, 5.41) is 9.60. The zero-order chi connectivity index (χ0) is 19.5. The van der Waals surface area contributed by atoms with Gasteiger partial charge in [0, 0.05) is 17.0 Å². The van der Waals surface area contributed by atoms with E-state index in [1.807, 2.05) is 60.3 Å². The molecule has 1 aromatic heterocycles. The predicted octanol–water partition coefficient (Wildman–Crippen LogP) is 5.05. The van der Waals surface area contributed by atoms with Crippen molar-refractivity contribution in [2.45, 2.75) is 30.6 Å². The van der Waals surface area contributed by atoms with E-state index in [-0.39, 0.29) is 6.42 Å². The molecule has 0 saturated carbocycles. The van der Waals surface area contributed by atoms with Crippen molar-refractivity contribution < 1.29 is 9.90 Å². The van der Waals surface area contributed by atoms with E-state index in [0.29, 0.717) is 17.3 Å². The topological polar surface area (TPSA) is 63.1 Å². The number of aliphatic carboxylic acids is 1. The van der Waals surface area contributed by atoms with Gasteiger partial charge >= 0.3 is 5.97 Å². The second-order valence-corrected chi connectivity index (χ2v) is 8.34. The number of carboxylic acids is 1. The summed E-state index contributed by atoms with van der Waals surface area (Å²) in [5.41, 5.74) is 4.96. The van der Waals surface area contributed by atoms with Crippen LogP contribution in [0.5, 0.6) is 0 Å². The molecule has 4 nitrogen and oxygen atoms in total. The molecule has 1 N–H and O–H groups in total. The van der Waals surface area contributed by atoms with Crippen LogP contribution in [0.4, 0.5) is 0 Å². The molecule has 0 amide bonds. The fourth-order valence-corrected chi connectivity index (χ4v) is 4.60. The van der Waals surface area contributed by atoms with Crippen LogP contribution in [-0.2, 0) is 24.1 Å². The molecule has 2 heterocycles. The van der Waals surface area contributed by atoms with Gasteiger partial charge in [-0.3, -0.25) is 4.79 Å². The molecule has 2 aromatic carbocycles. The van der Waals surface area contributed by atoms with Crippen molar-refractivity contribution in [2.24, 2.45) is 0 Å². The molecule has 28 heavy (non-hydrogen) atoms. The zero-order valence-electron chi connectivity index (χ0n) is 15.2. The number of carbonyl (C=O) groups is 1. The molecule has 3 aromatic rings. The maximum atomic E-state index is 10.9. The van der Waals surface area contributed by atoms with Crippen LogP contribution in [0, 0.1) is 0 Å². The van der Waals surface area contributed by atoms with Gasteiger partial charge in [-0.1, -0.05) is 48.0 Å². The first-order valence-electron chi connectivity index (χ1n) is 9.16. The van der Waals surface area contributed by atoms with E-state index in [4.69, 9.17) is 26.7 Å². The van der Waals surface area contributed by atoms with Gasteiger partial charge < -0.3 is 5.11 Å². The average molecular weight is 411 g/mol. The number of carboxylic acid groups (broad SMARTS) is 1. The highest BCUT2D eigenvalue weighted by atomic mass is 35.5. The minimum absolute atomic E-state index is 0.0396. The summed E-state index contributed by atoms with van der Waals surface area (Å²) in [5.74, 6) is 0.971. The molecule has 0 fully saturated rings. The largest absolute Gasteiger partial charge is 0.481 e. The molecule has 0 radical (unpaired) electrons. The summed E-state index contributed by atoms with van der Waals surface area (Å²) in [7, 11) is 0. The fraction of sp³-hybridized carbons (Fsp3) is 0.227. The van der Waals surface area contributed by atoms with E-state index in [1.165, 1.54) is 4.90 Å². The third-order valence-corrected chi connectivity index (χ3v) is 6.13. The quantitative estimate of drug-likeness (QED) is 0.637. The Morgan fingerprint density at radius 1 is 1.11 bits per heavy atom. The van der Waals surface area contributed by atoms with Crippen molar-refractivity contribution in [3.63, 3.8) is 0 Å². The van der Waals surface area contributed by atoms with E-state index in [9.17, 15) is 4.79 Å². The van der Waals surface area contributed by atoms with Gasteiger partial charge in [0.1, 0.15) is 0 Å². The molecule has 0 spiro atoms. The van der Waals surface area contributed by atoms with Crippen molar-refractivity contribution in [3.8, 4) is 11.4 Å². The Balaban J connectivity index is 1.69. The summed E-state index contributed by atoms with van der Waals surface area (Å²) >= 11 is 7.98. The first kappa shape index (κ1) is 19.0. The standard InChI is InChI=1S/C22H19ClN2O2S/c23-17-4-1-3-16(13-17)22-24-18-5-2-10-28-21(18)19(25-22)11-14-6-8-15(9-7-14)12-20(26)27/h1,3-4,6-9,13H,2,5,10-12H2,(H,26,27). The second kappa shape index (κ2) is 8.33. The van der Waals surface area contributed by atoms with Gasteiger partial charge in [-0.25, -0.2) is 9.97 Å². The lowest BCUT2D eigenvalue weighted by molar-refractivity contribution is -0.136. The molecule has 1 aliphatic heterocycles. The van der Waals surface area contributed by atoms with Crippen LogP contribution in [0.1, 0.15) is 28.9 Å². The average Bonchev–Trinajstić information content (AvgIpc) is 2.69. The van der Waals surface area contributed by atoms with Crippen molar-refractivity contribution in [1.82, 2.24) is 9.97 Å². The summed E-state index contributed by atoms with van der Waals surface area (Å²) in [6.45, 7) is 0. The number of rotatable bonds is 5. The summed E-state index contributed by atoms with van der Waals surface area (Å²) < 4.78 is 0. The lowest BCUT2D eigenvalue weighted by atomic mass is 10.0. The Labute approximate surface area is 173 Å². The number of halogens is 1. The van der Waals surface area contributed by atoms with E-state index in [1.54, 1.807) is 0 Å². The third-order valence-electron chi connectivity index (χ3n) is 4.64. The zero-order valence-corrected chi connectivity index (χ0v) is 16.8. The molecular weight excluding hydrogens is 392 g/mol. The molecule has 0 bridgehead atoms. The normalized spacial score (nSPS) is 13.2. The second-order valence-electron chi connectivity index (χ2n) is 6.80. The first-order chi connectivity index (χ1) is 13.6. The van der Waals surface area contributed by atoms with Gasteiger partial charge in [0.25, 0.3) is 0 Å². The highest BCUT2D eigenvalue weighted by Crippen LogP contribution is 2.34. The number of nitrogens with zero attached hydrogens (tertiary/aromatic N) is 2. The maximum Gasteiger partial charge on any atom is 0.307 e. The Bertz CT molecular complexity index is 1020. The lowest BCUT2D eigenvalue weighted by Crippen LogP contribution is -2.09. The van der Waals surface area contributed by atoms with E-state index in [2.05, 4.69) is 0 Å². The summed E-state index contributed by atoms with van der Waals surface area (Å²) in [6, 6.07) is 15.4. The summed E-state index contributed by atoms with van der Waals surface area (Å²) in [4.78, 5) is 21.8. The van der Waals surface area contributed by atoms with Gasteiger partial charge in [0.15, 0.2) is 5.82 Å². The highest BCUT2D eigenvalue weighted by Gasteiger charge is 2.19. The van der Waals surface area contributed by atoms with Crippen molar-refractivity contribution in [3.05, 3.63) is 76.1 Å². The van der Waals surface area contributed by atoms with Crippen LogP contribution in [-0.4, -0.2) is 26.8 Å². The number of thioether (sulfide) groups is 1. The Kier molecular flexibility index (Phi) is 5.64. The van der Waals surface area contributed by atoms with E-state index in [0.717, 1.165) is 46.7 Å². The molecule has 142 valence electrons. The van der Waals surface area contributed by atoms with Gasteiger partial charge in [0.05, 0.1) is 22.7 Å². The third kappa shape index (κ3) is 4.37. The van der Waals surface area contributed by atoms with Crippen LogP contribution in [0.3, 0.4) is 0 Å². The molecule has 0 unspecified atom stereocenters. The van der Waals surface area contributed by atoms with Crippen LogP contribution in [0.2, 0.25) is 5.02 Å². The monoisotopic (exact) mass is 410 g/mol. The van der Waals surface area contributed by atoms with Crippen LogP contribution in [0.25, 0.3) is 11.4 Å². The molecular formula is C22H19ClN2O2S. The number of hydrogen-bond donors (Lipinski definition) is 1. The molecule has 0 atom stereocenters. The molecule has 4 rings (SSSR count). The van der Waals surface area contributed by atoms with Crippen molar-refractivity contribution in [1.29, 1.82) is 0 Å². The fourth-order valence-electron chi connectivity index (χ4n) is 3.32. The van der Waals surface area contributed by atoms with Crippen LogP contribution < -0.4 is 0 Å². The molecule has 1 aliphatic rings. The van der Waals surface area contributed by atoms with E-state index < -0.39 is 5.97 Å². The van der Waals surface area contributed by atoms with Crippen LogP contribution >= 0.6 is 23.4 Å². The van der Waals surface area contributed by atoms with Crippen molar-refractivity contribution in [2.75, 3.05) is 5.75 Å². The van der Waals surface area contributed by atoms with Gasteiger partial charge in [-0.2, -0.15) is 0 Å². The number of aryl methyl sites for hydroxylation is 1. The SMILES string of the molecule is O=C(O)Cc1ccc(Cc2nc(-c3cccc(Cl)c3)nc3c2SCCC3)cc1. The molecule has 0 saturated heterocycles. The first-order valence-corrected chi connectivity index (χ1v) is 10.5. The molecule has 6 heteroatoms. The minimum Gasteiger partial charge on any atom is -0.481 e. The van der Waals surface area contributed by atoms with Gasteiger partial charge in [0.2, 0.25) is 0 Å². The minimum atomic E-state index is -0.819. The number of aromatic nitrogens is 2. The summed E-state index contributed by atoms with van der Waals surface area (Å²) in [6.07, 6.45) is 2.81. The molecule has 0 aliphatic carbocycles. The number of fused-ring (bicyclic) bond motifs is 1. The van der Waals surface area contributed by atoms with E-state index >= 15 is 0 Å². The predicted molar refractivity (Wildman–Crippen MR) is 112 cm³/mol. The highest BCUT2D eigenvalue weighted by molar-refractivity contribution is 7.99. The Hall–Kier alpha value is -2.37. The van der Waals surface area contributed by atoms with Gasteiger partial charge in [-0.05, 0) is 41.9 Å². The smallest absolute Gasteiger partial charge is 0.307 e. The number of hydrogen-bond acceptors (Lipinski definition) is 4. The van der Waals surface area contributed by atoms with Crippen molar-refractivity contribution >= 4 is 29.3 Å². The van der Waals surface area contributed by atoms with Gasteiger partial charge in [-0.15, -0.1) is 11.8 Å². The Morgan fingerprint density at radius 2 is 1.89 bits per heavy atom.